The molecular weight excluding hydrogens is 440 g/mol. The zero-order valence-electron chi connectivity index (χ0n) is 17.3. The largest absolute Gasteiger partial charge is 0.495 e. The second-order valence-electron chi connectivity index (χ2n) is 6.69. The highest BCUT2D eigenvalue weighted by molar-refractivity contribution is 7.99. The lowest BCUT2D eigenvalue weighted by Crippen LogP contribution is -2.15. The van der Waals surface area contributed by atoms with Crippen LogP contribution in [0.4, 0.5) is 5.69 Å². The molecule has 1 aromatic carbocycles. The minimum absolute atomic E-state index is 0.158. The van der Waals surface area contributed by atoms with Crippen molar-refractivity contribution in [2.45, 2.75) is 44.8 Å². The van der Waals surface area contributed by atoms with Crippen molar-refractivity contribution in [1.29, 1.82) is 0 Å². The van der Waals surface area contributed by atoms with E-state index in [1.54, 1.807) is 36.6 Å². The van der Waals surface area contributed by atoms with Crippen molar-refractivity contribution in [1.82, 2.24) is 14.8 Å². The van der Waals surface area contributed by atoms with Gasteiger partial charge in [-0.3, -0.25) is 4.79 Å². The number of halogens is 1. The highest BCUT2D eigenvalue weighted by atomic mass is 35.5. The second-order valence-corrected chi connectivity index (χ2v) is 9.07. The summed E-state index contributed by atoms with van der Waals surface area (Å²) in [7, 11) is 1.55. The number of thiophene rings is 1. The molecule has 2 aromatic heterocycles. The number of thioether (sulfide) groups is 1. The molecule has 0 saturated carbocycles. The van der Waals surface area contributed by atoms with Crippen molar-refractivity contribution in [3.63, 3.8) is 0 Å². The Bertz CT molecular complexity index is 1000. The lowest BCUT2D eigenvalue weighted by atomic mass is 10.2. The van der Waals surface area contributed by atoms with E-state index in [2.05, 4.69) is 45.4 Å². The summed E-state index contributed by atoms with van der Waals surface area (Å²) in [6.07, 6.45) is 3.15. The van der Waals surface area contributed by atoms with Gasteiger partial charge in [-0.25, -0.2) is 0 Å². The van der Waals surface area contributed by atoms with Gasteiger partial charge in [0.15, 0.2) is 11.0 Å². The predicted octanol–water partition coefficient (Wildman–Crippen LogP) is 5.76. The van der Waals surface area contributed by atoms with Crippen LogP contribution in [-0.4, -0.2) is 33.5 Å². The van der Waals surface area contributed by atoms with Gasteiger partial charge in [-0.2, -0.15) is 0 Å². The van der Waals surface area contributed by atoms with Crippen molar-refractivity contribution < 1.29 is 9.53 Å². The van der Waals surface area contributed by atoms with E-state index < -0.39 is 0 Å². The van der Waals surface area contributed by atoms with Gasteiger partial charge in [0, 0.05) is 27.4 Å². The van der Waals surface area contributed by atoms with Crippen LogP contribution in [0.2, 0.25) is 5.02 Å². The van der Waals surface area contributed by atoms with Crippen LogP contribution in [-0.2, 0) is 17.8 Å². The standard InChI is InChI=1S/C21H25ClN4O2S2/c1-4-6-16-10-14(12-29-16)20-24-25-21(26(20)9-5-2)30-13-19(27)23-17-11-15(22)7-8-18(17)28-3/h7-8,10-12H,4-6,9,13H2,1-3H3,(H,23,27). The molecule has 0 aliphatic heterocycles. The number of nitrogens with zero attached hydrogens (tertiary/aromatic N) is 3. The Kier molecular flexibility index (Phi) is 8.18. The summed E-state index contributed by atoms with van der Waals surface area (Å²) in [6.45, 7) is 5.09. The van der Waals surface area contributed by atoms with Gasteiger partial charge in [0.1, 0.15) is 5.75 Å². The molecule has 2 heterocycles. The molecule has 30 heavy (non-hydrogen) atoms. The number of hydrogen-bond donors (Lipinski definition) is 1. The number of aromatic nitrogens is 3. The predicted molar refractivity (Wildman–Crippen MR) is 125 cm³/mol. The van der Waals surface area contributed by atoms with Crippen LogP contribution in [0.25, 0.3) is 11.4 Å². The van der Waals surface area contributed by atoms with Gasteiger partial charge in [0.25, 0.3) is 0 Å². The van der Waals surface area contributed by atoms with Crippen LogP contribution < -0.4 is 10.1 Å². The average molecular weight is 465 g/mol. The summed E-state index contributed by atoms with van der Waals surface area (Å²) in [4.78, 5) is 13.8. The molecule has 3 aromatic rings. The Balaban J connectivity index is 1.71. The van der Waals surface area contributed by atoms with E-state index in [-0.39, 0.29) is 11.7 Å². The fourth-order valence-electron chi connectivity index (χ4n) is 3.00. The van der Waals surface area contributed by atoms with Gasteiger partial charge in [0.2, 0.25) is 5.91 Å². The van der Waals surface area contributed by atoms with E-state index in [9.17, 15) is 4.79 Å². The van der Waals surface area contributed by atoms with E-state index in [0.717, 1.165) is 42.4 Å². The maximum absolute atomic E-state index is 12.5. The first-order valence-corrected chi connectivity index (χ1v) is 12.1. The number of nitrogens with one attached hydrogen (secondary N) is 1. The third-order valence-electron chi connectivity index (χ3n) is 4.34. The molecule has 3 rings (SSSR count). The van der Waals surface area contributed by atoms with Crippen LogP contribution >= 0.6 is 34.7 Å². The van der Waals surface area contributed by atoms with Crippen molar-refractivity contribution >= 4 is 46.3 Å². The molecule has 0 spiro atoms. The average Bonchev–Trinajstić information content (AvgIpc) is 3.34. The van der Waals surface area contributed by atoms with Crippen LogP contribution in [0.15, 0.2) is 34.8 Å². The molecule has 6 nitrogen and oxygen atoms in total. The Morgan fingerprint density at radius 1 is 1.27 bits per heavy atom. The Morgan fingerprint density at radius 2 is 2.10 bits per heavy atom. The number of ether oxygens (including phenoxy) is 1. The highest BCUT2D eigenvalue weighted by Gasteiger charge is 2.17. The van der Waals surface area contributed by atoms with Crippen molar-refractivity contribution in [2.75, 3.05) is 18.2 Å². The SMILES string of the molecule is CCCc1cc(-c2nnc(SCC(=O)Nc3cc(Cl)ccc3OC)n2CCC)cs1. The zero-order chi connectivity index (χ0) is 21.5. The topological polar surface area (TPSA) is 69.0 Å². The molecule has 1 N–H and O–H groups in total. The third-order valence-corrected chi connectivity index (χ3v) is 6.54. The maximum Gasteiger partial charge on any atom is 0.234 e. The highest BCUT2D eigenvalue weighted by Crippen LogP contribution is 2.30. The summed E-state index contributed by atoms with van der Waals surface area (Å²) in [6, 6.07) is 7.31. The molecule has 0 radical (unpaired) electrons. The lowest BCUT2D eigenvalue weighted by molar-refractivity contribution is -0.113. The van der Waals surface area contributed by atoms with E-state index in [0.29, 0.717) is 16.5 Å². The van der Waals surface area contributed by atoms with Crippen LogP contribution in [0, 0.1) is 0 Å². The van der Waals surface area contributed by atoms with Gasteiger partial charge in [0.05, 0.1) is 18.6 Å². The van der Waals surface area contributed by atoms with Crippen molar-refractivity contribution in [2.24, 2.45) is 0 Å². The van der Waals surface area contributed by atoms with Gasteiger partial charge >= 0.3 is 0 Å². The van der Waals surface area contributed by atoms with Crippen LogP contribution in [0.3, 0.4) is 0 Å². The number of carbonyl (C=O) groups excluding carboxylic acids is 1. The summed E-state index contributed by atoms with van der Waals surface area (Å²) >= 11 is 9.16. The fraction of sp³-hybridized carbons (Fsp3) is 0.381. The van der Waals surface area contributed by atoms with E-state index >= 15 is 0 Å². The summed E-state index contributed by atoms with van der Waals surface area (Å²) < 4.78 is 7.37. The summed E-state index contributed by atoms with van der Waals surface area (Å²) in [5.41, 5.74) is 1.64. The Labute approximate surface area is 190 Å². The van der Waals surface area contributed by atoms with Gasteiger partial charge in [-0.05, 0) is 37.1 Å². The smallest absolute Gasteiger partial charge is 0.234 e. The number of amides is 1. The molecular formula is C21H25ClN4O2S2. The first-order valence-electron chi connectivity index (χ1n) is 9.82. The number of rotatable bonds is 10. The first-order chi connectivity index (χ1) is 14.5. The number of anilines is 1. The molecule has 0 unspecified atom stereocenters. The number of carbonyl (C=O) groups is 1. The number of benzene rings is 1. The monoisotopic (exact) mass is 464 g/mol. The molecule has 1 amide bonds. The normalized spacial score (nSPS) is 10.9. The molecule has 160 valence electrons. The molecule has 0 atom stereocenters. The van der Waals surface area contributed by atoms with Crippen LogP contribution in [0.5, 0.6) is 5.75 Å². The van der Waals surface area contributed by atoms with Gasteiger partial charge < -0.3 is 14.6 Å². The van der Waals surface area contributed by atoms with E-state index in [1.807, 2.05) is 0 Å². The van der Waals surface area contributed by atoms with Gasteiger partial charge in [-0.15, -0.1) is 21.5 Å². The lowest BCUT2D eigenvalue weighted by Gasteiger charge is -2.11. The van der Waals surface area contributed by atoms with E-state index in [4.69, 9.17) is 16.3 Å². The zero-order valence-corrected chi connectivity index (χ0v) is 19.7. The maximum atomic E-state index is 12.5. The minimum atomic E-state index is -0.158. The fourth-order valence-corrected chi connectivity index (χ4v) is 4.91. The molecule has 9 heteroatoms. The van der Waals surface area contributed by atoms with Crippen molar-refractivity contribution in [3.8, 4) is 17.1 Å². The van der Waals surface area contributed by atoms with E-state index in [1.165, 1.54) is 16.6 Å². The molecule has 0 saturated heterocycles. The number of hydrogen-bond acceptors (Lipinski definition) is 6. The molecule has 0 fully saturated rings. The van der Waals surface area contributed by atoms with Crippen LogP contribution in [0.1, 0.15) is 31.6 Å². The first kappa shape index (κ1) is 22.7. The summed E-state index contributed by atoms with van der Waals surface area (Å²) in [5.74, 6) is 1.47. The number of aryl methyl sites for hydroxylation is 1. The van der Waals surface area contributed by atoms with Crippen molar-refractivity contribution in [3.05, 3.63) is 39.5 Å². The molecule has 0 aliphatic rings. The number of methoxy groups -OCH3 is 1. The third kappa shape index (κ3) is 5.56. The molecule has 0 aliphatic carbocycles. The minimum Gasteiger partial charge on any atom is -0.495 e. The second kappa shape index (κ2) is 10.8. The Hall–Kier alpha value is -2.03. The molecule has 0 bridgehead atoms. The summed E-state index contributed by atoms with van der Waals surface area (Å²) in [5, 5.41) is 15.0. The quantitative estimate of drug-likeness (QED) is 0.386. The van der Waals surface area contributed by atoms with Gasteiger partial charge in [-0.1, -0.05) is 43.6 Å². The Morgan fingerprint density at radius 3 is 2.83 bits per heavy atom.